The Morgan fingerprint density at radius 2 is 1.88 bits per heavy atom. The number of benzene rings is 2. The van der Waals surface area contributed by atoms with Crippen LogP contribution in [0.25, 0.3) is 16.5 Å². The second kappa shape index (κ2) is 8.81. The number of fused-ring (bicyclic) bond motifs is 1. The molecule has 4 nitrogen and oxygen atoms in total. The maximum absolute atomic E-state index is 12.9. The van der Waals surface area contributed by atoms with E-state index in [0.717, 1.165) is 21.0 Å². The van der Waals surface area contributed by atoms with E-state index in [4.69, 9.17) is 4.74 Å². The summed E-state index contributed by atoms with van der Waals surface area (Å²) in [6.07, 6.45) is 1.75. The molecule has 0 atom stereocenters. The first-order chi connectivity index (χ1) is 12.5. The van der Waals surface area contributed by atoms with Gasteiger partial charge in [-0.25, -0.2) is 0 Å². The summed E-state index contributed by atoms with van der Waals surface area (Å²) in [6.45, 7) is 7.46. The molecule has 26 heavy (non-hydrogen) atoms. The largest absolute Gasteiger partial charge is 0.461 e. The molecule has 0 unspecified atom stereocenters. The number of halogens is 1. The Labute approximate surface area is 161 Å². The molecule has 0 bridgehead atoms. The van der Waals surface area contributed by atoms with Crippen LogP contribution in [0.1, 0.15) is 31.9 Å². The molecule has 0 aliphatic heterocycles. The Bertz CT molecular complexity index is 992. The zero-order valence-electron chi connectivity index (χ0n) is 15.4. The molecular weight excluding hydrogens is 394 g/mol. The van der Waals surface area contributed by atoms with Crippen molar-refractivity contribution >= 4 is 32.7 Å². The van der Waals surface area contributed by atoms with Crippen LogP contribution in [-0.2, 0) is 16.1 Å². The van der Waals surface area contributed by atoms with Crippen LogP contribution >= 0.6 is 15.9 Å². The van der Waals surface area contributed by atoms with Gasteiger partial charge >= 0.3 is 5.97 Å². The summed E-state index contributed by atoms with van der Waals surface area (Å²) >= 11 is 3.47. The first-order valence-corrected chi connectivity index (χ1v) is 9.30. The molecule has 1 aromatic heterocycles. The lowest BCUT2D eigenvalue weighted by atomic mass is 10.1. The summed E-state index contributed by atoms with van der Waals surface area (Å²) in [5, 5.41) is 1.56. The minimum Gasteiger partial charge on any atom is -0.461 e. The monoisotopic (exact) mass is 415 g/mol. The van der Waals surface area contributed by atoms with Crippen LogP contribution < -0.4 is 5.56 Å². The Hall–Kier alpha value is -2.40. The molecule has 0 radical (unpaired) electrons. The van der Waals surface area contributed by atoms with Gasteiger partial charge < -0.3 is 4.74 Å². The molecule has 0 aliphatic carbocycles. The number of rotatable bonds is 3. The van der Waals surface area contributed by atoms with Crippen LogP contribution in [0.4, 0.5) is 0 Å². The van der Waals surface area contributed by atoms with Crippen molar-refractivity contribution < 1.29 is 9.53 Å². The highest BCUT2D eigenvalue weighted by molar-refractivity contribution is 9.10. The van der Waals surface area contributed by atoms with Crippen molar-refractivity contribution in [3.05, 3.63) is 74.6 Å². The van der Waals surface area contributed by atoms with Crippen molar-refractivity contribution in [3.63, 3.8) is 0 Å². The molecule has 5 heteroatoms. The molecule has 0 saturated carbocycles. The third kappa shape index (κ3) is 4.22. The molecule has 136 valence electrons. The quantitative estimate of drug-likeness (QED) is 0.555. The molecule has 3 rings (SSSR count). The maximum atomic E-state index is 12.9. The first-order valence-electron chi connectivity index (χ1n) is 8.50. The smallest absolute Gasteiger partial charge is 0.302 e. The number of hydrogen-bond acceptors (Lipinski definition) is 3. The Morgan fingerprint density at radius 3 is 2.58 bits per heavy atom. The Morgan fingerprint density at radius 1 is 1.15 bits per heavy atom. The summed E-state index contributed by atoms with van der Waals surface area (Å²) in [5.41, 5.74) is 2.45. The van der Waals surface area contributed by atoms with Crippen LogP contribution in [0, 0.1) is 6.92 Å². The predicted octanol–water partition coefficient (Wildman–Crippen LogP) is 5.15. The fourth-order valence-corrected chi connectivity index (χ4v) is 3.12. The van der Waals surface area contributed by atoms with Crippen LogP contribution in [-0.4, -0.2) is 10.5 Å². The first kappa shape index (κ1) is 19.9. The summed E-state index contributed by atoms with van der Waals surface area (Å²) in [5.74, 6) is -0.363. The van der Waals surface area contributed by atoms with E-state index in [1.54, 1.807) is 10.8 Å². The van der Waals surface area contributed by atoms with Gasteiger partial charge in [0.05, 0.1) is 5.69 Å². The summed E-state index contributed by atoms with van der Waals surface area (Å²) in [6, 6.07) is 13.2. The minimum atomic E-state index is -0.363. The van der Waals surface area contributed by atoms with Crippen molar-refractivity contribution in [2.45, 2.75) is 34.3 Å². The standard InChI is InChI=1S/C19H16BrNO3.C2H6/c1-12-6-7-15-14(10-12)8-9-21(19(15)23)18-5-3-4-17(20)16(18)11-24-13(2)22;1-2/h3-10H,11H2,1-2H3;1-2H3. The van der Waals surface area contributed by atoms with Gasteiger partial charge in [-0.05, 0) is 36.6 Å². The van der Waals surface area contributed by atoms with Crippen LogP contribution in [0.2, 0.25) is 0 Å². The van der Waals surface area contributed by atoms with Crippen LogP contribution in [0.3, 0.4) is 0 Å². The van der Waals surface area contributed by atoms with E-state index < -0.39 is 0 Å². The van der Waals surface area contributed by atoms with E-state index in [1.165, 1.54) is 6.92 Å². The third-order valence-corrected chi connectivity index (χ3v) is 4.58. The van der Waals surface area contributed by atoms with E-state index in [9.17, 15) is 9.59 Å². The van der Waals surface area contributed by atoms with Gasteiger partial charge in [0.25, 0.3) is 5.56 Å². The van der Waals surface area contributed by atoms with Crippen molar-refractivity contribution in [1.82, 2.24) is 4.57 Å². The highest BCUT2D eigenvalue weighted by atomic mass is 79.9. The van der Waals surface area contributed by atoms with Crippen molar-refractivity contribution in [2.24, 2.45) is 0 Å². The van der Waals surface area contributed by atoms with E-state index in [-0.39, 0.29) is 18.1 Å². The van der Waals surface area contributed by atoms with Crippen molar-refractivity contribution in [3.8, 4) is 5.69 Å². The minimum absolute atomic E-state index is 0.102. The average Bonchev–Trinajstić information content (AvgIpc) is 2.62. The number of carbonyl (C=O) groups excluding carboxylic acids is 1. The van der Waals surface area contributed by atoms with Gasteiger partial charge in [0, 0.05) is 28.5 Å². The van der Waals surface area contributed by atoms with Gasteiger partial charge in [0.2, 0.25) is 0 Å². The second-order valence-electron chi connectivity index (χ2n) is 5.60. The van der Waals surface area contributed by atoms with Gasteiger partial charge in [-0.15, -0.1) is 0 Å². The third-order valence-electron chi connectivity index (χ3n) is 3.83. The fraction of sp³-hybridized carbons (Fsp3) is 0.238. The number of pyridine rings is 1. The normalized spacial score (nSPS) is 10.2. The molecule has 3 aromatic rings. The average molecular weight is 416 g/mol. The zero-order valence-corrected chi connectivity index (χ0v) is 17.0. The number of esters is 1. The molecular formula is C21H22BrNO3. The predicted molar refractivity (Wildman–Crippen MR) is 109 cm³/mol. The van der Waals surface area contributed by atoms with Crippen molar-refractivity contribution in [1.29, 1.82) is 0 Å². The number of carbonyl (C=O) groups is 1. The van der Waals surface area contributed by atoms with E-state index in [2.05, 4.69) is 15.9 Å². The number of ether oxygens (including phenoxy) is 1. The highest BCUT2D eigenvalue weighted by Crippen LogP contribution is 2.25. The zero-order chi connectivity index (χ0) is 19.3. The number of aryl methyl sites for hydroxylation is 1. The van der Waals surface area contributed by atoms with E-state index in [0.29, 0.717) is 11.1 Å². The molecule has 0 N–H and O–H groups in total. The molecule has 0 amide bonds. The summed E-state index contributed by atoms with van der Waals surface area (Å²) in [4.78, 5) is 24.0. The molecule has 0 fully saturated rings. The summed E-state index contributed by atoms with van der Waals surface area (Å²) < 4.78 is 7.50. The maximum Gasteiger partial charge on any atom is 0.302 e. The van der Waals surface area contributed by atoms with E-state index in [1.807, 2.05) is 63.2 Å². The molecule has 0 saturated heterocycles. The highest BCUT2D eigenvalue weighted by Gasteiger charge is 2.12. The van der Waals surface area contributed by atoms with Gasteiger partial charge in [-0.1, -0.05) is 53.5 Å². The van der Waals surface area contributed by atoms with Gasteiger partial charge in [0.15, 0.2) is 0 Å². The number of aromatic nitrogens is 1. The SMILES string of the molecule is CC.CC(=O)OCc1c(Br)cccc1-n1ccc2cc(C)ccc2c1=O. The topological polar surface area (TPSA) is 48.3 Å². The Kier molecular flexibility index (Phi) is 6.75. The Balaban J connectivity index is 0.00000117. The van der Waals surface area contributed by atoms with Crippen molar-refractivity contribution in [2.75, 3.05) is 0 Å². The van der Waals surface area contributed by atoms with Gasteiger partial charge in [0.1, 0.15) is 6.61 Å². The lowest BCUT2D eigenvalue weighted by molar-refractivity contribution is -0.142. The molecule has 2 aromatic carbocycles. The lowest BCUT2D eigenvalue weighted by Gasteiger charge is -2.14. The molecule has 0 aliphatic rings. The fourth-order valence-electron chi connectivity index (χ4n) is 2.65. The number of hydrogen-bond donors (Lipinski definition) is 0. The van der Waals surface area contributed by atoms with Crippen LogP contribution in [0.5, 0.6) is 0 Å². The molecule has 1 heterocycles. The second-order valence-corrected chi connectivity index (χ2v) is 6.45. The van der Waals surface area contributed by atoms with Crippen LogP contribution in [0.15, 0.2) is 57.9 Å². The van der Waals surface area contributed by atoms with Gasteiger partial charge in [-0.3, -0.25) is 14.2 Å². The lowest BCUT2D eigenvalue weighted by Crippen LogP contribution is -2.19. The molecule has 0 spiro atoms. The van der Waals surface area contributed by atoms with E-state index >= 15 is 0 Å². The van der Waals surface area contributed by atoms with Gasteiger partial charge in [-0.2, -0.15) is 0 Å². The number of nitrogens with zero attached hydrogens (tertiary/aromatic N) is 1. The summed E-state index contributed by atoms with van der Waals surface area (Å²) in [7, 11) is 0.